The van der Waals surface area contributed by atoms with E-state index in [2.05, 4.69) is 18.2 Å². The first-order valence-electron chi connectivity index (χ1n) is 10.6. The van der Waals surface area contributed by atoms with E-state index in [0.717, 1.165) is 34.6 Å². The van der Waals surface area contributed by atoms with Crippen LogP contribution in [0.2, 0.25) is 5.02 Å². The van der Waals surface area contributed by atoms with Crippen LogP contribution < -0.4 is 14.9 Å². The van der Waals surface area contributed by atoms with Gasteiger partial charge in [0.05, 0.1) is 21.2 Å². The molecule has 1 aliphatic heterocycles. The third kappa shape index (κ3) is 3.37. The second-order valence-electron chi connectivity index (χ2n) is 8.10. The molecular weight excluding hydrogens is 490 g/mol. The van der Waals surface area contributed by atoms with Gasteiger partial charge in [-0.15, -0.1) is 11.3 Å². The Balaban J connectivity index is 1.59. The third-order valence-electron chi connectivity index (χ3n) is 6.15. The SMILES string of the molecule is O=c1c(=Cc2ccc(Cl)c([N+](=O)[O-])c2)sc2n1C(c1cccs1)C1=C(N=2)c2ccccc2CC1. The maximum atomic E-state index is 13.6. The first-order valence-corrected chi connectivity index (χ1v) is 12.7. The third-order valence-corrected chi connectivity index (χ3v) is 8.38. The van der Waals surface area contributed by atoms with E-state index in [1.165, 1.54) is 29.0 Å². The van der Waals surface area contributed by atoms with Gasteiger partial charge in [-0.1, -0.05) is 59.3 Å². The van der Waals surface area contributed by atoms with E-state index in [4.69, 9.17) is 16.6 Å². The number of nitrogens with zero attached hydrogens (tertiary/aromatic N) is 3. The smallest absolute Gasteiger partial charge is 0.271 e. The van der Waals surface area contributed by atoms with Crippen LogP contribution >= 0.6 is 34.3 Å². The molecule has 1 aliphatic carbocycles. The van der Waals surface area contributed by atoms with Crippen LogP contribution in [0.4, 0.5) is 5.69 Å². The van der Waals surface area contributed by atoms with E-state index in [1.807, 2.05) is 23.6 Å². The van der Waals surface area contributed by atoms with Crippen molar-refractivity contribution in [3.05, 3.63) is 122 Å². The molecule has 6 rings (SSSR count). The number of thiazole rings is 1. The number of rotatable bonds is 3. The molecule has 34 heavy (non-hydrogen) atoms. The predicted molar refractivity (Wildman–Crippen MR) is 135 cm³/mol. The van der Waals surface area contributed by atoms with E-state index in [1.54, 1.807) is 28.0 Å². The number of thiophene rings is 1. The number of fused-ring (bicyclic) bond motifs is 3. The molecule has 2 aliphatic rings. The van der Waals surface area contributed by atoms with Crippen LogP contribution in [0.25, 0.3) is 11.8 Å². The maximum Gasteiger partial charge on any atom is 0.288 e. The zero-order valence-electron chi connectivity index (χ0n) is 17.6. The Hall–Kier alpha value is -3.33. The minimum absolute atomic E-state index is 0.0626. The van der Waals surface area contributed by atoms with Gasteiger partial charge in [0.15, 0.2) is 4.80 Å². The first kappa shape index (κ1) is 21.2. The lowest BCUT2D eigenvalue weighted by Gasteiger charge is -2.30. The average Bonchev–Trinajstić information content (AvgIpc) is 3.47. The molecule has 0 saturated heterocycles. The van der Waals surface area contributed by atoms with Gasteiger partial charge in [-0.2, -0.15) is 0 Å². The van der Waals surface area contributed by atoms with Gasteiger partial charge in [0, 0.05) is 16.5 Å². The van der Waals surface area contributed by atoms with Crippen LogP contribution in [0.5, 0.6) is 0 Å². The Morgan fingerprint density at radius 3 is 2.79 bits per heavy atom. The lowest BCUT2D eigenvalue weighted by Crippen LogP contribution is -2.38. The molecule has 0 bridgehead atoms. The molecular formula is C25H16ClN3O3S2. The number of hydrogen-bond donors (Lipinski definition) is 0. The second kappa shape index (κ2) is 8.16. The number of allylic oxidation sites excluding steroid dienone is 1. The lowest BCUT2D eigenvalue weighted by atomic mass is 9.85. The highest BCUT2D eigenvalue weighted by molar-refractivity contribution is 7.10. The molecule has 4 aromatic rings. The van der Waals surface area contributed by atoms with E-state index >= 15 is 0 Å². The zero-order valence-corrected chi connectivity index (χ0v) is 20.0. The molecule has 9 heteroatoms. The fraction of sp³-hybridized carbons (Fsp3) is 0.120. The van der Waals surface area contributed by atoms with Gasteiger partial charge in [0.1, 0.15) is 5.02 Å². The summed E-state index contributed by atoms with van der Waals surface area (Å²) in [6, 6.07) is 16.7. The molecule has 168 valence electrons. The van der Waals surface area contributed by atoms with Gasteiger partial charge in [-0.05, 0) is 53.1 Å². The maximum absolute atomic E-state index is 13.6. The summed E-state index contributed by atoms with van der Waals surface area (Å²) < 4.78 is 2.25. The van der Waals surface area contributed by atoms with E-state index < -0.39 is 4.92 Å². The molecule has 1 atom stereocenters. The van der Waals surface area contributed by atoms with Crippen molar-refractivity contribution in [3.8, 4) is 0 Å². The van der Waals surface area contributed by atoms with Gasteiger partial charge in [-0.25, -0.2) is 4.99 Å². The van der Waals surface area contributed by atoms with Crippen molar-refractivity contribution in [2.75, 3.05) is 0 Å². The fourth-order valence-corrected chi connectivity index (χ4v) is 6.66. The summed E-state index contributed by atoms with van der Waals surface area (Å²) in [7, 11) is 0. The molecule has 2 aromatic heterocycles. The first-order chi connectivity index (χ1) is 16.5. The number of nitro groups is 1. The highest BCUT2D eigenvalue weighted by atomic mass is 35.5. The Morgan fingerprint density at radius 1 is 1.15 bits per heavy atom. The minimum Gasteiger partial charge on any atom is -0.271 e. The number of hydrogen-bond acceptors (Lipinski definition) is 6. The molecule has 0 N–H and O–H groups in total. The monoisotopic (exact) mass is 505 g/mol. The van der Waals surface area contributed by atoms with Crippen LogP contribution in [0.3, 0.4) is 0 Å². The molecule has 0 fully saturated rings. The number of halogens is 1. The van der Waals surface area contributed by atoms with E-state index in [9.17, 15) is 14.9 Å². The van der Waals surface area contributed by atoms with E-state index in [-0.39, 0.29) is 22.3 Å². The Kier molecular flexibility index (Phi) is 5.09. The van der Waals surface area contributed by atoms with Crippen LogP contribution in [0.15, 0.2) is 75.3 Å². The normalized spacial score (nSPS) is 17.1. The number of nitro benzene ring substituents is 1. The van der Waals surface area contributed by atoms with Gasteiger partial charge in [0.25, 0.3) is 11.2 Å². The Labute approximate surface area is 206 Å². The standard InChI is InChI=1S/C25H16ClN3O3S2/c26-18-10-7-14(12-19(18)29(31)32)13-21-24(30)28-23(20-6-3-11-33-20)17-9-8-15-4-1-2-5-16(15)22(17)27-25(28)34-21/h1-7,10-13,23H,8-9H2. The molecule has 6 nitrogen and oxygen atoms in total. The lowest BCUT2D eigenvalue weighted by molar-refractivity contribution is -0.384. The number of benzene rings is 2. The Bertz CT molecular complexity index is 1680. The van der Waals surface area contributed by atoms with Crippen LogP contribution in [-0.2, 0) is 6.42 Å². The molecule has 2 aromatic carbocycles. The summed E-state index contributed by atoms with van der Waals surface area (Å²) >= 11 is 8.89. The number of aromatic nitrogens is 1. The van der Waals surface area contributed by atoms with Crippen molar-refractivity contribution in [2.24, 2.45) is 4.99 Å². The molecule has 1 unspecified atom stereocenters. The summed E-state index contributed by atoms with van der Waals surface area (Å²) in [5, 5.41) is 13.4. The van der Waals surface area contributed by atoms with Crippen LogP contribution in [0.1, 0.15) is 34.0 Å². The van der Waals surface area contributed by atoms with Crippen molar-refractivity contribution < 1.29 is 4.92 Å². The van der Waals surface area contributed by atoms with Crippen molar-refractivity contribution >= 4 is 51.7 Å². The van der Waals surface area contributed by atoms with Gasteiger partial charge < -0.3 is 0 Å². The van der Waals surface area contributed by atoms with E-state index in [0.29, 0.717) is 14.9 Å². The minimum atomic E-state index is -0.524. The molecule has 3 heterocycles. The molecule has 0 amide bonds. The average molecular weight is 506 g/mol. The Morgan fingerprint density at radius 2 is 2.00 bits per heavy atom. The van der Waals surface area contributed by atoms with Crippen molar-refractivity contribution in [2.45, 2.75) is 18.9 Å². The van der Waals surface area contributed by atoms with Gasteiger partial charge in [-0.3, -0.25) is 19.5 Å². The summed E-state index contributed by atoms with van der Waals surface area (Å²) in [5.74, 6) is 0. The zero-order chi connectivity index (χ0) is 23.4. The highest BCUT2D eigenvalue weighted by Crippen LogP contribution is 2.42. The van der Waals surface area contributed by atoms with Crippen molar-refractivity contribution in [1.29, 1.82) is 0 Å². The summed E-state index contributed by atoms with van der Waals surface area (Å²) in [5.41, 5.74) is 4.70. The topological polar surface area (TPSA) is 77.5 Å². The number of aryl methyl sites for hydroxylation is 1. The second-order valence-corrected chi connectivity index (χ2v) is 10.5. The van der Waals surface area contributed by atoms with Crippen molar-refractivity contribution in [1.82, 2.24) is 4.57 Å². The molecule has 0 saturated carbocycles. The van der Waals surface area contributed by atoms with Crippen LogP contribution in [-0.4, -0.2) is 9.49 Å². The fourth-order valence-electron chi connectivity index (χ4n) is 4.63. The summed E-state index contributed by atoms with van der Waals surface area (Å²) in [6.45, 7) is 0. The predicted octanol–water partition coefficient (Wildman–Crippen LogP) is 4.94. The van der Waals surface area contributed by atoms with Gasteiger partial charge in [0.2, 0.25) is 0 Å². The highest BCUT2D eigenvalue weighted by Gasteiger charge is 2.33. The van der Waals surface area contributed by atoms with Crippen LogP contribution in [0, 0.1) is 10.1 Å². The molecule has 0 spiro atoms. The summed E-state index contributed by atoms with van der Waals surface area (Å²) in [4.78, 5) is 31.1. The summed E-state index contributed by atoms with van der Waals surface area (Å²) in [6.07, 6.45) is 3.42. The largest absolute Gasteiger partial charge is 0.288 e. The van der Waals surface area contributed by atoms with Crippen molar-refractivity contribution in [3.63, 3.8) is 0 Å². The quantitative estimate of drug-likeness (QED) is 0.292. The molecule has 0 radical (unpaired) electrons. The van der Waals surface area contributed by atoms with Gasteiger partial charge >= 0.3 is 0 Å².